The number of hydrogen-bond acceptors (Lipinski definition) is 5. The van der Waals surface area contributed by atoms with Crippen molar-refractivity contribution in [3.63, 3.8) is 0 Å². The topological polar surface area (TPSA) is 69.6 Å². The summed E-state index contributed by atoms with van der Waals surface area (Å²) in [6, 6.07) is 16.2. The van der Waals surface area contributed by atoms with E-state index in [4.69, 9.17) is 0 Å². The Morgan fingerprint density at radius 2 is 1.70 bits per heavy atom. The lowest BCUT2D eigenvalue weighted by Gasteiger charge is -2.34. The molecule has 8 heteroatoms. The van der Waals surface area contributed by atoms with Crippen molar-refractivity contribution in [1.82, 2.24) is 24.7 Å². The van der Waals surface area contributed by atoms with Crippen LogP contribution in [0, 0.1) is 12.7 Å². The molecule has 3 aromatic rings. The highest BCUT2D eigenvalue weighted by Crippen LogP contribution is 2.12. The Labute approximate surface area is 217 Å². The highest BCUT2D eigenvalue weighted by Gasteiger charge is 2.23. The molecule has 0 unspecified atom stereocenters. The number of carbonyl (C=O) groups is 2. The third kappa shape index (κ3) is 7.79. The Morgan fingerprint density at radius 1 is 0.973 bits per heavy atom. The van der Waals surface area contributed by atoms with E-state index in [-0.39, 0.29) is 42.8 Å². The molecule has 0 N–H and O–H groups in total. The molecule has 0 radical (unpaired) electrons. The summed E-state index contributed by atoms with van der Waals surface area (Å²) in [5, 5.41) is 0. The van der Waals surface area contributed by atoms with Gasteiger partial charge >= 0.3 is 0 Å². The van der Waals surface area contributed by atoms with E-state index >= 15 is 0 Å². The number of hydrogen-bond donors (Lipinski definition) is 0. The lowest BCUT2D eigenvalue weighted by molar-refractivity contribution is -0.133. The maximum absolute atomic E-state index is 13.4. The molecule has 1 aromatic heterocycles. The summed E-state index contributed by atoms with van der Waals surface area (Å²) >= 11 is 0. The molecule has 0 saturated carbocycles. The summed E-state index contributed by atoms with van der Waals surface area (Å²) in [6.45, 7) is 6.07. The van der Waals surface area contributed by atoms with Gasteiger partial charge in [-0.25, -0.2) is 9.37 Å². The zero-order valence-electron chi connectivity index (χ0n) is 21.1. The van der Waals surface area contributed by atoms with Gasteiger partial charge in [0.15, 0.2) is 0 Å². The summed E-state index contributed by atoms with van der Waals surface area (Å²) in [5.74, 6) is -0.623. The Bertz CT molecular complexity index is 1190. The molecular formula is C29H32FN5O2. The standard InChI is InChI=1S/C29H32FN5O2/c1-23-20-32-27(21-31-23)29(37)35(22-25-9-11-26(30)12-10-25)15-13-28(36)34-18-16-33(17-19-34)14-5-8-24-6-3-2-4-7-24/h2-12,20-21H,13-19,22H2,1H3/b8-5+. The monoisotopic (exact) mass is 501 g/mol. The molecule has 37 heavy (non-hydrogen) atoms. The van der Waals surface area contributed by atoms with Crippen LogP contribution in [0.25, 0.3) is 6.08 Å². The fourth-order valence-electron chi connectivity index (χ4n) is 4.20. The van der Waals surface area contributed by atoms with E-state index < -0.39 is 0 Å². The van der Waals surface area contributed by atoms with Gasteiger partial charge in [0.05, 0.1) is 11.9 Å². The third-order valence-electron chi connectivity index (χ3n) is 6.37. The average Bonchev–Trinajstić information content (AvgIpc) is 2.93. The minimum atomic E-state index is -0.337. The van der Waals surface area contributed by atoms with E-state index in [0.717, 1.165) is 25.2 Å². The molecule has 192 valence electrons. The molecule has 1 aliphatic rings. The number of halogens is 1. The summed E-state index contributed by atoms with van der Waals surface area (Å²) < 4.78 is 13.4. The van der Waals surface area contributed by atoms with Gasteiger partial charge < -0.3 is 9.80 Å². The van der Waals surface area contributed by atoms with Gasteiger partial charge in [-0.05, 0) is 30.2 Å². The summed E-state index contributed by atoms with van der Waals surface area (Å²) in [6.07, 6.45) is 7.47. The second kappa shape index (κ2) is 12.9. The zero-order chi connectivity index (χ0) is 26.0. The van der Waals surface area contributed by atoms with Crippen LogP contribution in [0.2, 0.25) is 0 Å². The summed E-state index contributed by atoms with van der Waals surface area (Å²) in [4.78, 5) is 40.3. The van der Waals surface area contributed by atoms with Crippen LogP contribution in [0.15, 0.2) is 73.1 Å². The van der Waals surface area contributed by atoms with Crippen molar-refractivity contribution >= 4 is 17.9 Å². The van der Waals surface area contributed by atoms with E-state index in [9.17, 15) is 14.0 Å². The van der Waals surface area contributed by atoms with Gasteiger partial charge in [0.1, 0.15) is 11.5 Å². The molecule has 2 amide bonds. The lowest BCUT2D eigenvalue weighted by atomic mass is 10.2. The Morgan fingerprint density at radius 3 is 2.38 bits per heavy atom. The summed E-state index contributed by atoms with van der Waals surface area (Å²) in [5.41, 5.74) is 2.89. The number of nitrogens with zero attached hydrogens (tertiary/aromatic N) is 5. The van der Waals surface area contributed by atoms with Crippen LogP contribution in [0.3, 0.4) is 0 Å². The minimum Gasteiger partial charge on any atom is -0.340 e. The van der Waals surface area contributed by atoms with Crippen molar-refractivity contribution in [3.8, 4) is 0 Å². The van der Waals surface area contributed by atoms with Gasteiger partial charge in [0, 0.05) is 58.4 Å². The number of benzene rings is 2. The molecule has 1 fully saturated rings. The molecule has 1 saturated heterocycles. The second-order valence-electron chi connectivity index (χ2n) is 9.14. The smallest absolute Gasteiger partial charge is 0.274 e. The number of amides is 2. The van der Waals surface area contributed by atoms with Gasteiger partial charge in [-0.15, -0.1) is 0 Å². The van der Waals surface area contributed by atoms with Crippen molar-refractivity contribution in [1.29, 1.82) is 0 Å². The number of piperazine rings is 1. The third-order valence-corrected chi connectivity index (χ3v) is 6.37. The molecular weight excluding hydrogens is 469 g/mol. The van der Waals surface area contributed by atoms with Gasteiger partial charge in [-0.2, -0.15) is 0 Å². The summed E-state index contributed by atoms with van der Waals surface area (Å²) in [7, 11) is 0. The van der Waals surface area contributed by atoms with E-state index in [1.165, 1.54) is 23.9 Å². The van der Waals surface area contributed by atoms with E-state index in [1.54, 1.807) is 30.2 Å². The van der Waals surface area contributed by atoms with Gasteiger partial charge in [0.25, 0.3) is 5.91 Å². The minimum absolute atomic E-state index is 0.0198. The number of rotatable bonds is 9. The number of aryl methyl sites for hydroxylation is 1. The number of aromatic nitrogens is 2. The van der Waals surface area contributed by atoms with Crippen molar-refractivity contribution in [3.05, 3.63) is 101 Å². The van der Waals surface area contributed by atoms with Crippen molar-refractivity contribution < 1.29 is 14.0 Å². The van der Waals surface area contributed by atoms with Crippen LogP contribution >= 0.6 is 0 Å². The largest absolute Gasteiger partial charge is 0.340 e. The van der Waals surface area contributed by atoms with Crippen LogP contribution in [0.5, 0.6) is 0 Å². The highest BCUT2D eigenvalue weighted by atomic mass is 19.1. The quantitative estimate of drug-likeness (QED) is 0.446. The zero-order valence-corrected chi connectivity index (χ0v) is 21.1. The van der Waals surface area contributed by atoms with Gasteiger partial charge in [-0.1, -0.05) is 54.6 Å². The van der Waals surface area contributed by atoms with Crippen LogP contribution in [0.4, 0.5) is 4.39 Å². The highest BCUT2D eigenvalue weighted by molar-refractivity contribution is 5.92. The van der Waals surface area contributed by atoms with E-state index in [0.29, 0.717) is 18.8 Å². The van der Waals surface area contributed by atoms with Gasteiger partial charge in [0.2, 0.25) is 5.91 Å². The maximum atomic E-state index is 13.4. The SMILES string of the molecule is Cc1cnc(C(=O)N(CCC(=O)N2CCN(C/C=C/c3ccccc3)CC2)Cc2ccc(F)cc2)cn1. The predicted octanol–water partition coefficient (Wildman–Crippen LogP) is 3.81. The van der Waals surface area contributed by atoms with Crippen LogP contribution in [0.1, 0.15) is 33.7 Å². The van der Waals surface area contributed by atoms with E-state index in [1.807, 2.05) is 23.1 Å². The van der Waals surface area contributed by atoms with Gasteiger partial charge in [-0.3, -0.25) is 19.5 Å². The Hall–Kier alpha value is -3.91. The molecule has 4 rings (SSSR count). The molecule has 0 bridgehead atoms. The predicted molar refractivity (Wildman–Crippen MR) is 141 cm³/mol. The van der Waals surface area contributed by atoms with Crippen molar-refractivity contribution in [2.75, 3.05) is 39.3 Å². The first-order valence-electron chi connectivity index (χ1n) is 12.5. The molecule has 1 aliphatic heterocycles. The molecule has 0 aliphatic carbocycles. The maximum Gasteiger partial charge on any atom is 0.274 e. The average molecular weight is 502 g/mol. The first kappa shape index (κ1) is 26.2. The number of carbonyl (C=O) groups excluding carboxylic acids is 2. The fourth-order valence-corrected chi connectivity index (χ4v) is 4.20. The fraction of sp³-hybridized carbons (Fsp3) is 0.310. The molecule has 7 nitrogen and oxygen atoms in total. The Balaban J connectivity index is 1.30. The normalized spacial score (nSPS) is 14.2. The van der Waals surface area contributed by atoms with Crippen LogP contribution in [-0.2, 0) is 11.3 Å². The first-order chi connectivity index (χ1) is 18.0. The van der Waals surface area contributed by atoms with E-state index in [2.05, 4.69) is 39.2 Å². The molecule has 2 heterocycles. The molecule has 0 atom stereocenters. The second-order valence-corrected chi connectivity index (χ2v) is 9.14. The van der Waals surface area contributed by atoms with Crippen LogP contribution < -0.4 is 0 Å². The molecule has 0 spiro atoms. The van der Waals surface area contributed by atoms with Crippen molar-refractivity contribution in [2.24, 2.45) is 0 Å². The Kier molecular flexibility index (Phi) is 9.10. The lowest BCUT2D eigenvalue weighted by Crippen LogP contribution is -2.49. The van der Waals surface area contributed by atoms with Crippen LogP contribution in [-0.4, -0.2) is 75.8 Å². The van der Waals surface area contributed by atoms with Crippen molar-refractivity contribution in [2.45, 2.75) is 19.9 Å². The first-order valence-corrected chi connectivity index (χ1v) is 12.5. The molecule has 2 aromatic carbocycles.